The maximum atomic E-state index is 11.7. The maximum absolute atomic E-state index is 11.7. The Morgan fingerprint density at radius 1 is 1.42 bits per heavy atom. The fraction of sp³-hybridized carbons (Fsp3) is 0.538. The van der Waals surface area contributed by atoms with Gasteiger partial charge in [-0.05, 0) is 18.9 Å². The molecular formula is C13H21N3O3. The average molecular weight is 267 g/mol. The number of amides is 1. The van der Waals surface area contributed by atoms with Crippen LogP contribution in [0.15, 0.2) is 12.3 Å². The van der Waals surface area contributed by atoms with Gasteiger partial charge in [-0.25, -0.2) is 4.79 Å². The first kappa shape index (κ1) is 15.1. The number of hydrogen-bond donors (Lipinski definition) is 2. The van der Waals surface area contributed by atoms with E-state index < -0.39 is 5.97 Å². The van der Waals surface area contributed by atoms with Gasteiger partial charge >= 0.3 is 5.97 Å². The van der Waals surface area contributed by atoms with E-state index in [4.69, 9.17) is 10.5 Å². The minimum absolute atomic E-state index is 0.122. The van der Waals surface area contributed by atoms with E-state index in [0.717, 1.165) is 12.8 Å². The van der Waals surface area contributed by atoms with Crippen LogP contribution in [0.2, 0.25) is 0 Å². The standard InChI is InChI=1S/C13H21N3O3/c1-4-10(5-2)15-12(17)8-19-13(18)11-6-9(14)7-16(11)3/h6-7,10H,4-5,8,14H2,1-3H3,(H,15,17). The molecule has 1 amide bonds. The highest BCUT2D eigenvalue weighted by molar-refractivity contribution is 5.91. The molecule has 1 heterocycles. The van der Waals surface area contributed by atoms with Crippen LogP contribution in [-0.4, -0.2) is 29.1 Å². The molecule has 6 nitrogen and oxygen atoms in total. The summed E-state index contributed by atoms with van der Waals surface area (Å²) in [5, 5.41) is 2.80. The second-order valence-electron chi connectivity index (χ2n) is 4.43. The molecule has 3 N–H and O–H groups in total. The number of nitrogen functional groups attached to an aromatic ring is 1. The summed E-state index contributed by atoms with van der Waals surface area (Å²) in [6.45, 7) is 3.71. The SMILES string of the molecule is CCC(CC)NC(=O)COC(=O)c1cc(N)cn1C. The topological polar surface area (TPSA) is 86.3 Å². The molecule has 0 radical (unpaired) electrons. The van der Waals surface area contributed by atoms with Gasteiger partial charge in [0.1, 0.15) is 5.69 Å². The Hall–Kier alpha value is -1.98. The van der Waals surface area contributed by atoms with Crippen LogP contribution in [-0.2, 0) is 16.6 Å². The van der Waals surface area contributed by atoms with E-state index in [2.05, 4.69) is 5.32 Å². The van der Waals surface area contributed by atoms with E-state index in [1.54, 1.807) is 17.8 Å². The molecule has 0 aliphatic heterocycles. The van der Waals surface area contributed by atoms with Crippen molar-refractivity contribution in [3.05, 3.63) is 18.0 Å². The second kappa shape index (κ2) is 6.82. The number of nitrogens with one attached hydrogen (secondary N) is 1. The largest absolute Gasteiger partial charge is 0.451 e. The zero-order valence-electron chi connectivity index (χ0n) is 11.6. The number of carbonyl (C=O) groups is 2. The molecule has 0 aliphatic carbocycles. The Morgan fingerprint density at radius 3 is 2.53 bits per heavy atom. The number of hydrogen-bond acceptors (Lipinski definition) is 4. The molecule has 0 bridgehead atoms. The predicted molar refractivity (Wildman–Crippen MR) is 72.6 cm³/mol. The minimum atomic E-state index is -0.557. The summed E-state index contributed by atoms with van der Waals surface area (Å²) < 4.78 is 6.51. The van der Waals surface area contributed by atoms with Gasteiger partial charge in [-0.3, -0.25) is 4.79 Å². The lowest BCUT2D eigenvalue weighted by Gasteiger charge is -2.14. The highest BCUT2D eigenvalue weighted by atomic mass is 16.5. The number of aryl methyl sites for hydroxylation is 1. The van der Waals surface area contributed by atoms with E-state index in [9.17, 15) is 9.59 Å². The van der Waals surface area contributed by atoms with Crippen molar-refractivity contribution in [2.75, 3.05) is 12.3 Å². The lowest BCUT2D eigenvalue weighted by molar-refractivity contribution is -0.125. The third-order valence-corrected chi connectivity index (χ3v) is 2.92. The van der Waals surface area contributed by atoms with Crippen LogP contribution in [0.5, 0.6) is 0 Å². The lowest BCUT2D eigenvalue weighted by Crippen LogP contribution is -2.37. The molecule has 0 aromatic carbocycles. The van der Waals surface area contributed by atoms with Gasteiger partial charge in [0.2, 0.25) is 0 Å². The summed E-state index contributed by atoms with van der Waals surface area (Å²) in [7, 11) is 1.69. The van der Waals surface area contributed by atoms with Crippen molar-refractivity contribution in [1.82, 2.24) is 9.88 Å². The lowest BCUT2D eigenvalue weighted by atomic mass is 10.2. The van der Waals surface area contributed by atoms with E-state index in [-0.39, 0.29) is 18.6 Å². The molecule has 0 aliphatic rings. The third kappa shape index (κ3) is 4.31. The van der Waals surface area contributed by atoms with Gasteiger partial charge in [0.25, 0.3) is 5.91 Å². The number of esters is 1. The zero-order valence-corrected chi connectivity index (χ0v) is 11.6. The Kier molecular flexibility index (Phi) is 5.41. The molecule has 6 heteroatoms. The Bertz CT molecular complexity index is 450. The summed E-state index contributed by atoms with van der Waals surface area (Å²) in [4.78, 5) is 23.3. The molecule has 0 fully saturated rings. The van der Waals surface area contributed by atoms with Gasteiger partial charge in [0.05, 0.1) is 5.69 Å². The summed E-state index contributed by atoms with van der Waals surface area (Å²) in [5.41, 5.74) is 6.38. The first-order chi connectivity index (χ1) is 8.97. The molecule has 1 aromatic heterocycles. The van der Waals surface area contributed by atoms with Gasteiger partial charge in [-0.15, -0.1) is 0 Å². The summed E-state index contributed by atoms with van der Waals surface area (Å²) in [6, 6.07) is 1.64. The summed E-state index contributed by atoms with van der Waals surface area (Å²) in [5.74, 6) is -0.844. The summed E-state index contributed by atoms with van der Waals surface area (Å²) >= 11 is 0. The van der Waals surface area contributed by atoms with Crippen molar-refractivity contribution in [3.8, 4) is 0 Å². The van der Waals surface area contributed by atoms with Crippen LogP contribution >= 0.6 is 0 Å². The normalized spacial score (nSPS) is 10.5. The van der Waals surface area contributed by atoms with Crippen molar-refractivity contribution in [2.24, 2.45) is 7.05 Å². The third-order valence-electron chi connectivity index (χ3n) is 2.92. The molecule has 0 saturated heterocycles. The Morgan fingerprint density at radius 2 is 2.05 bits per heavy atom. The van der Waals surface area contributed by atoms with Gasteiger partial charge in [0, 0.05) is 19.3 Å². The monoisotopic (exact) mass is 267 g/mol. The van der Waals surface area contributed by atoms with Gasteiger partial charge in [-0.2, -0.15) is 0 Å². The first-order valence-corrected chi connectivity index (χ1v) is 6.36. The van der Waals surface area contributed by atoms with Gasteiger partial charge in [0.15, 0.2) is 6.61 Å². The second-order valence-corrected chi connectivity index (χ2v) is 4.43. The maximum Gasteiger partial charge on any atom is 0.355 e. The van der Waals surface area contributed by atoms with Gasteiger partial charge in [-0.1, -0.05) is 13.8 Å². The van der Waals surface area contributed by atoms with Crippen molar-refractivity contribution in [3.63, 3.8) is 0 Å². The highest BCUT2D eigenvalue weighted by Gasteiger charge is 2.15. The molecule has 19 heavy (non-hydrogen) atoms. The fourth-order valence-corrected chi connectivity index (χ4v) is 1.76. The molecule has 0 spiro atoms. The molecular weight excluding hydrogens is 246 g/mol. The number of nitrogens with two attached hydrogens (primary N) is 1. The predicted octanol–water partition coefficient (Wildman–Crippen LogP) is 1.07. The Labute approximate surface area is 112 Å². The van der Waals surface area contributed by atoms with Crippen LogP contribution in [0.4, 0.5) is 5.69 Å². The van der Waals surface area contributed by atoms with Gasteiger partial charge < -0.3 is 20.4 Å². The van der Waals surface area contributed by atoms with Crippen LogP contribution in [0.3, 0.4) is 0 Å². The van der Waals surface area contributed by atoms with E-state index in [1.165, 1.54) is 6.07 Å². The number of ether oxygens (including phenoxy) is 1. The molecule has 1 rings (SSSR count). The van der Waals surface area contributed by atoms with Crippen LogP contribution in [0.25, 0.3) is 0 Å². The molecule has 0 atom stereocenters. The highest BCUT2D eigenvalue weighted by Crippen LogP contribution is 2.09. The smallest absolute Gasteiger partial charge is 0.355 e. The zero-order chi connectivity index (χ0) is 14.4. The number of nitrogens with zero attached hydrogens (tertiary/aromatic N) is 1. The minimum Gasteiger partial charge on any atom is -0.451 e. The van der Waals surface area contributed by atoms with E-state index in [0.29, 0.717) is 11.4 Å². The summed E-state index contributed by atoms with van der Waals surface area (Å²) in [6.07, 6.45) is 3.32. The number of carbonyl (C=O) groups excluding carboxylic acids is 2. The number of rotatable bonds is 6. The van der Waals surface area contributed by atoms with Crippen LogP contribution in [0.1, 0.15) is 37.2 Å². The molecule has 1 aromatic rings. The van der Waals surface area contributed by atoms with Crippen LogP contribution < -0.4 is 11.1 Å². The molecule has 0 unspecified atom stereocenters. The van der Waals surface area contributed by atoms with Crippen molar-refractivity contribution >= 4 is 17.6 Å². The quantitative estimate of drug-likeness (QED) is 0.755. The van der Waals surface area contributed by atoms with Crippen molar-refractivity contribution in [2.45, 2.75) is 32.7 Å². The Balaban J connectivity index is 2.46. The van der Waals surface area contributed by atoms with Crippen molar-refractivity contribution in [1.29, 1.82) is 0 Å². The number of anilines is 1. The fourth-order valence-electron chi connectivity index (χ4n) is 1.76. The first-order valence-electron chi connectivity index (χ1n) is 6.36. The van der Waals surface area contributed by atoms with E-state index >= 15 is 0 Å². The number of aromatic nitrogens is 1. The average Bonchev–Trinajstić information content (AvgIpc) is 2.72. The van der Waals surface area contributed by atoms with E-state index in [1.807, 2.05) is 13.8 Å². The van der Waals surface area contributed by atoms with Crippen molar-refractivity contribution < 1.29 is 14.3 Å². The van der Waals surface area contributed by atoms with Crippen LogP contribution in [0, 0.1) is 0 Å². The molecule has 106 valence electrons. The molecule has 0 saturated carbocycles.